The summed E-state index contributed by atoms with van der Waals surface area (Å²) < 4.78 is 0. The molecular formula is C15H16N2O. The van der Waals surface area contributed by atoms with E-state index in [9.17, 15) is 4.79 Å². The second-order valence-corrected chi connectivity index (χ2v) is 4.99. The monoisotopic (exact) mass is 240 g/mol. The Hall–Kier alpha value is -1.90. The summed E-state index contributed by atoms with van der Waals surface area (Å²) in [6.07, 6.45) is 2.53. The van der Waals surface area contributed by atoms with Crippen molar-refractivity contribution in [3.8, 4) is 0 Å². The van der Waals surface area contributed by atoms with Crippen LogP contribution in [0.1, 0.15) is 24.1 Å². The van der Waals surface area contributed by atoms with E-state index >= 15 is 0 Å². The van der Waals surface area contributed by atoms with E-state index < -0.39 is 0 Å². The van der Waals surface area contributed by atoms with Gasteiger partial charge in [0.25, 0.3) is 0 Å². The number of carbonyl (C=O) groups is 1. The third-order valence-electron chi connectivity index (χ3n) is 3.46. The van der Waals surface area contributed by atoms with Crippen LogP contribution in [0, 0.1) is 6.92 Å². The van der Waals surface area contributed by atoms with Crippen molar-refractivity contribution in [3.63, 3.8) is 0 Å². The van der Waals surface area contributed by atoms with Gasteiger partial charge in [0, 0.05) is 23.5 Å². The molecule has 3 heteroatoms. The van der Waals surface area contributed by atoms with E-state index in [1.807, 2.05) is 13.0 Å². The average Bonchev–Trinajstić information content (AvgIpc) is 2.75. The Kier molecular flexibility index (Phi) is 2.74. The van der Waals surface area contributed by atoms with E-state index in [1.54, 1.807) is 0 Å². The van der Waals surface area contributed by atoms with Gasteiger partial charge in [0.15, 0.2) is 0 Å². The quantitative estimate of drug-likeness (QED) is 0.875. The zero-order valence-electron chi connectivity index (χ0n) is 10.4. The second kappa shape index (κ2) is 4.41. The first-order valence-electron chi connectivity index (χ1n) is 6.36. The van der Waals surface area contributed by atoms with Gasteiger partial charge in [-0.05, 0) is 43.5 Å². The van der Waals surface area contributed by atoms with Crippen LogP contribution in [0.15, 0.2) is 30.3 Å². The van der Waals surface area contributed by atoms with Gasteiger partial charge in [-0.2, -0.15) is 0 Å². The Morgan fingerprint density at radius 3 is 3.00 bits per heavy atom. The molecule has 3 nitrogen and oxygen atoms in total. The lowest BCUT2D eigenvalue weighted by Gasteiger charge is -2.10. The number of rotatable bonds is 2. The zero-order chi connectivity index (χ0) is 12.5. The van der Waals surface area contributed by atoms with Crippen LogP contribution in [0.4, 0.5) is 0 Å². The highest BCUT2D eigenvalue weighted by atomic mass is 16.1. The van der Waals surface area contributed by atoms with Crippen LogP contribution in [0.5, 0.6) is 0 Å². The molecule has 0 spiro atoms. The number of carbonyl (C=O) groups excluding carboxylic acids is 1. The first kappa shape index (κ1) is 11.2. The third-order valence-corrected chi connectivity index (χ3v) is 3.46. The van der Waals surface area contributed by atoms with E-state index in [0.29, 0.717) is 12.5 Å². The van der Waals surface area contributed by atoms with Crippen molar-refractivity contribution in [1.29, 1.82) is 0 Å². The summed E-state index contributed by atoms with van der Waals surface area (Å²) in [5, 5.41) is 4.17. The molecule has 1 unspecified atom stereocenters. The van der Waals surface area contributed by atoms with Crippen LogP contribution in [-0.2, 0) is 11.2 Å². The normalized spacial score (nSPS) is 19.2. The Labute approximate surface area is 106 Å². The van der Waals surface area contributed by atoms with E-state index in [-0.39, 0.29) is 5.91 Å². The molecule has 1 aromatic heterocycles. The van der Waals surface area contributed by atoms with Crippen molar-refractivity contribution in [3.05, 3.63) is 41.6 Å². The maximum atomic E-state index is 11.2. The number of hydrogen-bond donors (Lipinski definition) is 1. The van der Waals surface area contributed by atoms with Gasteiger partial charge in [-0.15, -0.1) is 0 Å². The molecule has 1 aliphatic heterocycles. The highest BCUT2D eigenvalue weighted by Gasteiger charge is 2.20. The SMILES string of the molecule is Cc1ccc2cc(CC3CCC(=O)N3)ccc2n1. The molecule has 0 aliphatic carbocycles. The smallest absolute Gasteiger partial charge is 0.220 e. The molecule has 0 saturated carbocycles. The number of aryl methyl sites for hydroxylation is 1. The Balaban J connectivity index is 1.85. The van der Waals surface area contributed by atoms with E-state index in [0.717, 1.165) is 24.1 Å². The summed E-state index contributed by atoms with van der Waals surface area (Å²) in [7, 11) is 0. The highest BCUT2D eigenvalue weighted by Crippen LogP contribution is 2.18. The number of pyridine rings is 1. The molecule has 92 valence electrons. The van der Waals surface area contributed by atoms with Crippen molar-refractivity contribution in [2.75, 3.05) is 0 Å². The van der Waals surface area contributed by atoms with Crippen LogP contribution >= 0.6 is 0 Å². The average molecular weight is 240 g/mol. The van der Waals surface area contributed by atoms with Gasteiger partial charge < -0.3 is 5.32 Å². The molecule has 18 heavy (non-hydrogen) atoms. The van der Waals surface area contributed by atoms with E-state index in [2.05, 4.69) is 34.6 Å². The lowest BCUT2D eigenvalue weighted by molar-refractivity contribution is -0.119. The molecule has 1 amide bonds. The minimum absolute atomic E-state index is 0.179. The summed E-state index contributed by atoms with van der Waals surface area (Å²) in [5.74, 6) is 0.179. The first-order valence-corrected chi connectivity index (χ1v) is 6.36. The summed E-state index contributed by atoms with van der Waals surface area (Å²) in [6, 6.07) is 10.8. The van der Waals surface area contributed by atoms with Crippen molar-refractivity contribution < 1.29 is 4.79 Å². The number of fused-ring (bicyclic) bond motifs is 1. The number of benzene rings is 1. The molecular weight excluding hydrogens is 224 g/mol. The lowest BCUT2D eigenvalue weighted by atomic mass is 10.0. The van der Waals surface area contributed by atoms with Crippen molar-refractivity contribution >= 4 is 16.8 Å². The molecule has 0 bridgehead atoms. The molecule has 1 fully saturated rings. The van der Waals surface area contributed by atoms with Crippen molar-refractivity contribution in [1.82, 2.24) is 10.3 Å². The molecule has 1 atom stereocenters. The second-order valence-electron chi connectivity index (χ2n) is 4.99. The number of hydrogen-bond acceptors (Lipinski definition) is 2. The number of amides is 1. The molecule has 1 aromatic carbocycles. The lowest BCUT2D eigenvalue weighted by Crippen LogP contribution is -2.27. The first-order chi connectivity index (χ1) is 8.70. The molecule has 2 aromatic rings. The standard InChI is InChI=1S/C15H16N2O/c1-10-2-4-12-8-11(3-6-14(12)16-10)9-13-5-7-15(18)17-13/h2-4,6,8,13H,5,7,9H2,1H3,(H,17,18). The number of aromatic nitrogens is 1. The topological polar surface area (TPSA) is 42.0 Å². The Morgan fingerprint density at radius 2 is 2.22 bits per heavy atom. The maximum Gasteiger partial charge on any atom is 0.220 e. The van der Waals surface area contributed by atoms with Gasteiger partial charge in [0.05, 0.1) is 5.52 Å². The summed E-state index contributed by atoms with van der Waals surface area (Å²) in [5.41, 5.74) is 3.34. The van der Waals surface area contributed by atoms with Gasteiger partial charge >= 0.3 is 0 Å². The van der Waals surface area contributed by atoms with Gasteiger partial charge in [0.2, 0.25) is 5.91 Å². The minimum atomic E-state index is 0.179. The van der Waals surface area contributed by atoms with E-state index in [4.69, 9.17) is 0 Å². The summed E-state index contributed by atoms with van der Waals surface area (Å²) >= 11 is 0. The van der Waals surface area contributed by atoms with Crippen molar-refractivity contribution in [2.45, 2.75) is 32.2 Å². The fraction of sp³-hybridized carbons (Fsp3) is 0.333. The summed E-state index contributed by atoms with van der Waals surface area (Å²) in [6.45, 7) is 2.00. The highest BCUT2D eigenvalue weighted by molar-refractivity contribution is 5.80. The fourth-order valence-electron chi connectivity index (χ4n) is 2.52. The largest absolute Gasteiger partial charge is 0.353 e. The molecule has 0 radical (unpaired) electrons. The maximum absolute atomic E-state index is 11.2. The number of nitrogens with zero attached hydrogens (tertiary/aromatic N) is 1. The third kappa shape index (κ3) is 2.21. The molecule has 2 heterocycles. The van der Waals surface area contributed by atoms with Gasteiger partial charge in [0.1, 0.15) is 0 Å². The van der Waals surface area contributed by atoms with Crippen molar-refractivity contribution in [2.24, 2.45) is 0 Å². The predicted molar refractivity (Wildman–Crippen MR) is 71.3 cm³/mol. The molecule has 1 saturated heterocycles. The van der Waals surface area contributed by atoms with Gasteiger partial charge in [-0.1, -0.05) is 12.1 Å². The Bertz CT molecular complexity index is 606. The van der Waals surface area contributed by atoms with Gasteiger partial charge in [-0.25, -0.2) is 0 Å². The summed E-state index contributed by atoms with van der Waals surface area (Å²) in [4.78, 5) is 15.7. The van der Waals surface area contributed by atoms with Crippen LogP contribution < -0.4 is 5.32 Å². The Morgan fingerprint density at radius 1 is 1.33 bits per heavy atom. The van der Waals surface area contributed by atoms with Crippen LogP contribution in [0.3, 0.4) is 0 Å². The van der Waals surface area contributed by atoms with Crippen LogP contribution in [-0.4, -0.2) is 16.9 Å². The predicted octanol–water partition coefficient (Wildman–Crippen LogP) is 2.36. The van der Waals surface area contributed by atoms with Crippen LogP contribution in [0.25, 0.3) is 10.9 Å². The van der Waals surface area contributed by atoms with E-state index in [1.165, 1.54) is 10.9 Å². The van der Waals surface area contributed by atoms with Gasteiger partial charge in [-0.3, -0.25) is 9.78 Å². The number of nitrogens with one attached hydrogen (secondary N) is 1. The molecule has 1 N–H and O–H groups in total. The minimum Gasteiger partial charge on any atom is -0.353 e. The van der Waals surface area contributed by atoms with Crippen LogP contribution in [0.2, 0.25) is 0 Å². The molecule has 3 rings (SSSR count). The molecule has 1 aliphatic rings. The zero-order valence-corrected chi connectivity index (χ0v) is 10.4. The fourth-order valence-corrected chi connectivity index (χ4v) is 2.52.